The predicted molar refractivity (Wildman–Crippen MR) is 134 cm³/mol. The maximum Gasteiger partial charge on any atom is 0.274 e. The van der Waals surface area contributed by atoms with E-state index >= 15 is 0 Å². The van der Waals surface area contributed by atoms with Gasteiger partial charge in [-0.1, -0.05) is 19.9 Å². The normalized spacial score (nSPS) is 15.8. The van der Waals surface area contributed by atoms with Crippen molar-refractivity contribution >= 4 is 17.3 Å². The van der Waals surface area contributed by atoms with Gasteiger partial charge < -0.3 is 25.4 Å². The maximum absolute atomic E-state index is 15.0. The lowest BCUT2D eigenvalue weighted by molar-refractivity contribution is 0.102. The second-order valence-corrected chi connectivity index (χ2v) is 8.86. The van der Waals surface area contributed by atoms with Gasteiger partial charge in [0.25, 0.3) is 5.91 Å². The van der Waals surface area contributed by atoms with Crippen LogP contribution < -0.4 is 20.3 Å². The molecule has 1 aliphatic heterocycles. The highest BCUT2D eigenvalue weighted by molar-refractivity contribution is 6.05. The molecule has 1 fully saturated rings. The molecule has 1 aromatic heterocycles. The fourth-order valence-corrected chi connectivity index (χ4v) is 4.23. The number of piperazine rings is 1. The van der Waals surface area contributed by atoms with Gasteiger partial charge in [-0.3, -0.25) is 4.79 Å². The van der Waals surface area contributed by atoms with Crippen LogP contribution in [0.4, 0.5) is 20.2 Å². The van der Waals surface area contributed by atoms with Crippen molar-refractivity contribution in [2.24, 2.45) is 0 Å². The highest BCUT2D eigenvalue weighted by Crippen LogP contribution is 2.34. The summed E-state index contributed by atoms with van der Waals surface area (Å²) in [6, 6.07) is 8.64. The third-order valence-electron chi connectivity index (χ3n) is 6.11. The summed E-state index contributed by atoms with van der Waals surface area (Å²) in [7, 11) is 1.41. The van der Waals surface area contributed by atoms with E-state index in [1.807, 2.05) is 18.7 Å². The van der Waals surface area contributed by atoms with Crippen LogP contribution in [0.25, 0.3) is 11.4 Å². The quantitative estimate of drug-likeness (QED) is 0.459. The molecule has 1 aliphatic rings. The standard InChI is InChI=1S/C26H29F2N5O3/c1-15(2)17-11-22(33-10-9-29-16(13-33)14-34)21(12-19(17)28)32-26(35)20-7-8-30-25(31-20)24-18(27)5-4-6-23(24)36-3/h4-8,11-12,15-16,29,34H,9-10,13-14H2,1-3H3,(H,32,35)/t16-/m0/s1. The molecule has 8 nitrogen and oxygen atoms in total. The molecular formula is C26H29F2N5O3. The van der Waals surface area contributed by atoms with Gasteiger partial charge in [0.05, 0.1) is 30.7 Å². The average molecular weight is 498 g/mol. The Morgan fingerprint density at radius 3 is 2.81 bits per heavy atom. The molecule has 3 N–H and O–H groups in total. The molecule has 0 bridgehead atoms. The molecule has 36 heavy (non-hydrogen) atoms. The first kappa shape index (κ1) is 25.5. The number of methoxy groups -OCH3 is 1. The van der Waals surface area contributed by atoms with E-state index in [1.54, 1.807) is 12.1 Å². The Hall–Kier alpha value is -3.63. The summed E-state index contributed by atoms with van der Waals surface area (Å²) in [6.45, 7) is 5.50. The first-order valence-corrected chi connectivity index (χ1v) is 11.7. The van der Waals surface area contributed by atoms with Crippen LogP contribution in [0.3, 0.4) is 0 Å². The molecule has 2 aromatic carbocycles. The van der Waals surface area contributed by atoms with E-state index in [0.29, 0.717) is 30.9 Å². The van der Waals surface area contributed by atoms with Gasteiger partial charge in [0.2, 0.25) is 0 Å². The number of ether oxygens (including phenoxy) is 1. The van der Waals surface area contributed by atoms with E-state index in [2.05, 4.69) is 20.6 Å². The summed E-state index contributed by atoms with van der Waals surface area (Å²) in [4.78, 5) is 23.6. The van der Waals surface area contributed by atoms with Crippen LogP contribution in [0.1, 0.15) is 35.8 Å². The number of aromatic nitrogens is 2. The number of carbonyl (C=O) groups is 1. The molecule has 0 aliphatic carbocycles. The number of nitrogens with zero attached hydrogens (tertiary/aromatic N) is 3. The highest BCUT2D eigenvalue weighted by atomic mass is 19.1. The Labute approximate surface area is 208 Å². The lowest BCUT2D eigenvalue weighted by Crippen LogP contribution is -2.52. The van der Waals surface area contributed by atoms with E-state index in [4.69, 9.17) is 4.74 Å². The molecule has 4 rings (SSSR count). The van der Waals surface area contributed by atoms with Crippen molar-refractivity contribution in [2.45, 2.75) is 25.8 Å². The zero-order valence-corrected chi connectivity index (χ0v) is 20.4. The summed E-state index contributed by atoms with van der Waals surface area (Å²) in [5.41, 5.74) is 1.48. The van der Waals surface area contributed by atoms with E-state index in [1.165, 1.54) is 37.6 Å². The van der Waals surface area contributed by atoms with Crippen LogP contribution >= 0.6 is 0 Å². The van der Waals surface area contributed by atoms with Crippen molar-refractivity contribution in [3.63, 3.8) is 0 Å². The van der Waals surface area contributed by atoms with Crippen LogP contribution in [0, 0.1) is 11.6 Å². The number of rotatable bonds is 7. The number of carbonyl (C=O) groups excluding carboxylic acids is 1. The van der Waals surface area contributed by atoms with Gasteiger partial charge >= 0.3 is 0 Å². The number of aliphatic hydroxyl groups excluding tert-OH is 1. The molecule has 0 spiro atoms. The summed E-state index contributed by atoms with van der Waals surface area (Å²) in [5, 5.41) is 15.6. The highest BCUT2D eigenvalue weighted by Gasteiger charge is 2.24. The van der Waals surface area contributed by atoms with Crippen molar-refractivity contribution in [3.8, 4) is 17.1 Å². The number of amides is 1. The minimum atomic E-state index is -0.597. The first-order valence-electron chi connectivity index (χ1n) is 11.7. The van der Waals surface area contributed by atoms with Crippen molar-refractivity contribution in [1.82, 2.24) is 15.3 Å². The lowest BCUT2D eigenvalue weighted by Gasteiger charge is -2.36. The van der Waals surface area contributed by atoms with Crippen LogP contribution in [0.15, 0.2) is 42.6 Å². The van der Waals surface area contributed by atoms with E-state index in [0.717, 1.165) is 0 Å². The molecule has 10 heteroatoms. The maximum atomic E-state index is 15.0. The number of halogens is 2. The fraction of sp³-hybridized carbons (Fsp3) is 0.346. The van der Waals surface area contributed by atoms with Crippen LogP contribution in [0.2, 0.25) is 0 Å². The zero-order chi connectivity index (χ0) is 25.8. The van der Waals surface area contributed by atoms with Crippen molar-refractivity contribution in [2.75, 3.05) is 43.6 Å². The van der Waals surface area contributed by atoms with Crippen molar-refractivity contribution < 1.29 is 23.4 Å². The second kappa shape index (κ2) is 11.0. The van der Waals surface area contributed by atoms with Crippen molar-refractivity contribution in [3.05, 3.63) is 65.5 Å². The third-order valence-corrected chi connectivity index (χ3v) is 6.11. The largest absolute Gasteiger partial charge is 0.496 e. The Kier molecular flexibility index (Phi) is 7.76. The Balaban J connectivity index is 1.69. The molecule has 190 valence electrons. The predicted octanol–water partition coefficient (Wildman–Crippen LogP) is 3.58. The molecule has 1 saturated heterocycles. The van der Waals surface area contributed by atoms with Crippen molar-refractivity contribution in [1.29, 1.82) is 0 Å². The SMILES string of the molecule is COc1cccc(F)c1-c1nccc(C(=O)Nc2cc(F)c(C(C)C)cc2N2CCN[C@H](CO)C2)n1. The van der Waals surface area contributed by atoms with Gasteiger partial charge in [-0.2, -0.15) is 0 Å². The molecular weight excluding hydrogens is 468 g/mol. The summed E-state index contributed by atoms with van der Waals surface area (Å²) in [5.74, 6) is -1.45. The van der Waals surface area contributed by atoms with Crippen LogP contribution in [-0.4, -0.2) is 60.4 Å². The number of benzene rings is 2. The Bertz CT molecular complexity index is 1250. The topological polar surface area (TPSA) is 99.6 Å². The smallest absolute Gasteiger partial charge is 0.274 e. The number of hydrogen-bond acceptors (Lipinski definition) is 7. The summed E-state index contributed by atoms with van der Waals surface area (Å²) < 4.78 is 34.7. The van der Waals surface area contributed by atoms with Gasteiger partial charge in [-0.25, -0.2) is 18.7 Å². The molecule has 3 aromatic rings. The number of anilines is 2. The number of nitrogens with one attached hydrogen (secondary N) is 2. The third kappa shape index (κ3) is 5.29. The monoisotopic (exact) mass is 497 g/mol. The molecule has 1 atom stereocenters. The van der Waals surface area contributed by atoms with E-state index in [-0.39, 0.29) is 47.1 Å². The second-order valence-electron chi connectivity index (χ2n) is 8.86. The minimum absolute atomic E-state index is 0.00736. The average Bonchev–Trinajstić information content (AvgIpc) is 2.88. The van der Waals surface area contributed by atoms with Gasteiger partial charge in [-0.15, -0.1) is 0 Å². The fourth-order valence-electron chi connectivity index (χ4n) is 4.23. The number of hydrogen-bond donors (Lipinski definition) is 3. The molecule has 0 unspecified atom stereocenters. The molecule has 1 amide bonds. The zero-order valence-electron chi connectivity index (χ0n) is 20.4. The Morgan fingerprint density at radius 1 is 1.28 bits per heavy atom. The minimum Gasteiger partial charge on any atom is -0.496 e. The van der Waals surface area contributed by atoms with Gasteiger partial charge in [0.15, 0.2) is 5.82 Å². The van der Waals surface area contributed by atoms with Crippen LogP contribution in [-0.2, 0) is 0 Å². The Morgan fingerprint density at radius 2 is 2.08 bits per heavy atom. The van der Waals surface area contributed by atoms with E-state index < -0.39 is 17.5 Å². The van der Waals surface area contributed by atoms with Crippen LogP contribution in [0.5, 0.6) is 5.75 Å². The summed E-state index contributed by atoms with van der Waals surface area (Å²) >= 11 is 0. The van der Waals surface area contributed by atoms with E-state index in [9.17, 15) is 18.7 Å². The number of aliphatic hydroxyl groups is 1. The lowest BCUT2D eigenvalue weighted by atomic mass is 10.00. The molecule has 0 saturated carbocycles. The van der Waals surface area contributed by atoms with Gasteiger partial charge in [0.1, 0.15) is 23.1 Å². The summed E-state index contributed by atoms with van der Waals surface area (Å²) in [6.07, 6.45) is 1.36. The van der Waals surface area contributed by atoms with Gasteiger partial charge in [-0.05, 0) is 41.8 Å². The molecule has 0 radical (unpaired) electrons. The molecule has 2 heterocycles. The van der Waals surface area contributed by atoms with Gasteiger partial charge in [0, 0.05) is 31.9 Å². The first-order chi connectivity index (χ1) is 17.3.